The molecular weight excluding hydrogens is 152 g/mol. The Hall–Kier alpha value is -0.800. The van der Waals surface area contributed by atoms with Gasteiger partial charge in [-0.3, -0.25) is 0 Å². The SMILES string of the molecule is Cn1cccc1C1(CON)CC1. The molecule has 1 aromatic rings. The van der Waals surface area contributed by atoms with Crippen LogP contribution in [0.1, 0.15) is 18.5 Å². The van der Waals surface area contributed by atoms with Gasteiger partial charge >= 0.3 is 0 Å². The van der Waals surface area contributed by atoms with Crippen molar-refractivity contribution in [1.29, 1.82) is 0 Å². The van der Waals surface area contributed by atoms with Crippen LogP contribution in [0.2, 0.25) is 0 Å². The summed E-state index contributed by atoms with van der Waals surface area (Å²) in [5, 5.41) is 0. The van der Waals surface area contributed by atoms with E-state index in [1.54, 1.807) is 0 Å². The van der Waals surface area contributed by atoms with Crippen molar-refractivity contribution in [2.24, 2.45) is 12.9 Å². The van der Waals surface area contributed by atoms with Crippen LogP contribution in [0.3, 0.4) is 0 Å². The molecule has 66 valence electrons. The molecule has 0 spiro atoms. The van der Waals surface area contributed by atoms with E-state index in [4.69, 9.17) is 10.7 Å². The Labute approximate surface area is 72.1 Å². The summed E-state index contributed by atoms with van der Waals surface area (Å²) in [6, 6.07) is 4.21. The molecule has 2 N–H and O–H groups in total. The maximum Gasteiger partial charge on any atom is 0.0790 e. The number of aromatic nitrogens is 1. The molecule has 1 fully saturated rings. The largest absolute Gasteiger partial charge is 0.354 e. The van der Waals surface area contributed by atoms with Gasteiger partial charge in [0.1, 0.15) is 0 Å². The van der Waals surface area contributed by atoms with Crippen molar-refractivity contribution in [1.82, 2.24) is 4.57 Å². The van der Waals surface area contributed by atoms with Crippen LogP contribution in [0.15, 0.2) is 18.3 Å². The molecule has 0 bridgehead atoms. The molecule has 1 aliphatic rings. The quantitative estimate of drug-likeness (QED) is 0.679. The van der Waals surface area contributed by atoms with Crippen LogP contribution < -0.4 is 5.90 Å². The molecule has 1 heterocycles. The van der Waals surface area contributed by atoms with Gasteiger partial charge in [0.2, 0.25) is 0 Å². The molecule has 1 aliphatic carbocycles. The molecular formula is C9H14N2O. The van der Waals surface area contributed by atoms with Gasteiger partial charge in [0.25, 0.3) is 0 Å². The smallest absolute Gasteiger partial charge is 0.0790 e. The number of aryl methyl sites for hydroxylation is 1. The van der Waals surface area contributed by atoms with Crippen molar-refractivity contribution in [2.75, 3.05) is 6.61 Å². The second-order valence-corrected chi connectivity index (χ2v) is 3.60. The zero-order chi connectivity index (χ0) is 8.60. The van der Waals surface area contributed by atoms with E-state index in [2.05, 4.69) is 29.9 Å². The maximum absolute atomic E-state index is 5.10. The first kappa shape index (κ1) is 7.83. The molecule has 0 unspecified atom stereocenters. The fraction of sp³-hybridized carbons (Fsp3) is 0.556. The molecule has 0 aromatic carbocycles. The fourth-order valence-electron chi connectivity index (χ4n) is 1.80. The third-order valence-corrected chi connectivity index (χ3v) is 2.70. The molecule has 2 rings (SSSR count). The summed E-state index contributed by atoms with van der Waals surface area (Å²) in [6.45, 7) is 0.644. The van der Waals surface area contributed by atoms with Crippen molar-refractivity contribution in [3.05, 3.63) is 24.0 Å². The average molecular weight is 166 g/mol. The van der Waals surface area contributed by atoms with E-state index in [-0.39, 0.29) is 5.41 Å². The molecule has 0 radical (unpaired) electrons. The molecule has 3 heteroatoms. The average Bonchev–Trinajstić information content (AvgIpc) is 2.68. The topological polar surface area (TPSA) is 40.2 Å². The predicted octanol–water partition coefficient (Wildman–Crippen LogP) is 0.947. The normalized spacial score (nSPS) is 19.5. The highest BCUT2D eigenvalue weighted by Gasteiger charge is 2.46. The summed E-state index contributed by atoms with van der Waals surface area (Å²) in [4.78, 5) is 4.73. The highest BCUT2D eigenvalue weighted by atomic mass is 16.6. The lowest BCUT2D eigenvalue weighted by molar-refractivity contribution is 0.114. The third kappa shape index (κ3) is 1.06. The van der Waals surface area contributed by atoms with Crippen LogP contribution in [0.5, 0.6) is 0 Å². The molecule has 0 atom stereocenters. The molecule has 1 saturated carbocycles. The van der Waals surface area contributed by atoms with E-state index in [0.717, 1.165) is 0 Å². The minimum absolute atomic E-state index is 0.229. The van der Waals surface area contributed by atoms with Gasteiger partial charge in [-0.1, -0.05) is 0 Å². The van der Waals surface area contributed by atoms with Crippen molar-refractivity contribution < 1.29 is 4.84 Å². The van der Waals surface area contributed by atoms with E-state index in [0.29, 0.717) is 6.61 Å². The summed E-state index contributed by atoms with van der Waals surface area (Å²) in [5.41, 5.74) is 1.57. The zero-order valence-corrected chi connectivity index (χ0v) is 7.29. The minimum Gasteiger partial charge on any atom is -0.354 e. The number of rotatable bonds is 3. The summed E-state index contributed by atoms with van der Waals surface area (Å²) in [7, 11) is 2.06. The number of hydrogen-bond acceptors (Lipinski definition) is 2. The van der Waals surface area contributed by atoms with E-state index < -0.39 is 0 Å². The minimum atomic E-state index is 0.229. The lowest BCUT2D eigenvalue weighted by Gasteiger charge is -2.14. The zero-order valence-electron chi connectivity index (χ0n) is 7.29. The van der Waals surface area contributed by atoms with Gasteiger partial charge < -0.3 is 9.40 Å². The number of nitrogens with two attached hydrogens (primary N) is 1. The van der Waals surface area contributed by atoms with Crippen molar-refractivity contribution in [3.63, 3.8) is 0 Å². The first-order chi connectivity index (χ1) is 5.78. The van der Waals surface area contributed by atoms with Gasteiger partial charge in [0.05, 0.1) is 6.61 Å². The summed E-state index contributed by atoms with van der Waals surface area (Å²) < 4.78 is 2.14. The number of hydrogen-bond donors (Lipinski definition) is 1. The summed E-state index contributed by atoms with van der Waals surface area (Å²) >= 11 is 0. The molecule has 1 aromatic heterocycles. The lowest BCUT2D eigenvalue weighted by atomic mass is 10.0. The van der Waals surface area contributed by atoms with Gasteiger partial charge in [-0.2, -0.15) is 0 Å². The van der Waals surface area contributed by atoms with Gasteiger partial charge in [0.15, 0.2) is 0 Å². The summed E-state index contributed by atoms with van der Waals surface area (Å²) in [5.74, 6) is 5.10. The van der Waals surface area contributed by atoms with Crippen molar-refractivity contribution in [3.8, 4) is 0 Å². The van der Waals surface area contributed by atoms with Gasteiger partial charge in [-0.15, -0.1) is 0 Å². The van der Waals surface area contributed by atoms with E-state index >= 15 is 0 Å². The lowest BCUT2D eigenvalue weighted by Crippen LogP contribution is -2.20. The van der Waals surface area contributed by atoms with E-state index in [1.807, 2.05) is 0 Å². The van der Waals surface area contributed by atoms with Crippen LogP contribution in [-0.4, -0.2) is 11.2 Å². The number of nitrogens with zero attached hydrogens (tertiary/aromatic N) is 1. The van der Waals surface area contributed by atoms with Crippen molar-refractivity contribution >= 4 is 0 Å². The van der Waals surface area contributed by atoms with Gasteiger partial charge in [-0.05, 0) is 25.0 Å². The monoisotopic (exact) mass is 166 g/mol. The third-order valence-electron chi connectivity index (χ3n) is 2.70. The fourth-order valence-corrected chi connectivity index (χ4v) is 1.80. The summed E-state index contributed by atoms with van der Waals surface area (Å²) in [6.07, 6.45) is 4.45. The highest BCUT2D eigenvalue weighted by Crippen LogP contribution is 2.47. The first-order valence-electron chi connectivity index (χ1n) is 4.22. The van der Waals surface area contributed by atoms with Crippen molar-refractivity contribution in [2.45, 2.75) is 18.3 Å². The Kier molecular flexibility index (Phi) is 1.70. The predicted molar refractivity (Wildman–Crippen MR) is 46.5 cm³/mol. The standard InChI is InChI=1S/C9H14N2O/c1-11-6-2-3-8(11)9(4-5-9)7-12-10/h2-3,6H,4-5,7,10H2,1H3. The van der Waals surface area contributed by atoms with Crippen LogP contribution in [0.4, 0.5) is 0 Å². The Morgan fingerprint density at radius 1 is 1.67 bits per heavy atom. The van der Waals surface area contributed by atoms with Crippen LogP contribution >= 0.6 is 0 Å². The Morgan fingerprint density at radius 3 is 2.83 bits per heavy atom. The first-order valence-corrected chi connectivity index (χ1v) is 4.22. The van der Waals surface area contributed by atoms with Crippen LogP contribution in [0.25, 0.3) is 0 Å². The molecule has 0 aliphatic heterocycles. The maximum atomic E-state index is 5.10. The van der Waals surface area contributed by atoms with E-state index in [1.165, 1.54) is 18.5 Å². The second kappa shape index (κ2) is 2.61. The van der Waals surface area contributed by atoms with Crippen LogP contribution in [-0.2, 0) is 17.3 Å². The molecule has 12 heavy (non-hydrogen) atoms. The van der Waals surface area contributed by atoms with E-state index in [9.17, 15) is 0 Å². The Balaban J connectivity index is 2.24. The van der Waals surface area contributed by atoms with Gasteiger partial charge in [0, 0.05) is 24.4 Å². The Morgan fingerprint density at radius 2 is 2.42 bits per heavy atom. The second-order valence-electron chi connectivity index (χ2n) is 3.60. The molecule has 3 nitrogen and oxygen atoms in total. The van der Waals surface area contributed by atoms with Crippen LogP contribution in [0, 0.1) is 0 Å². The van der Waals surface area contributed by atoms with Gasteiger partial charge in [-0.25, -0.2) is 5.90 Å². The highest BCUT2D eigenvalue weighted by molar-refractivity contribution is 5.26. The Bertz CT molecular complexity index is 276. The molecule has 0 saturated heterocycles. The molecule has 0 amide bonds.